The van der Waals surface area contributed by atoms with Gasteiger partial charge in [0.15, 0.2) is 0 Å². The third-order valence-electron chi connectivity index (χ3n) is 2.56. The summed E-state index contributed by atoms with van der Waals surface area (Å²) >= 11 is 0. The van der Waals surface area contributed by atoms with Crippen LogP contribution in [0.5, 0.6) is 0 Å². The van der Waals surface area contributed by atoms with E-state index in [0.29, 0.717) is 18.7 Å². The van der Waals surface area contributed by atoms with Gasteiger partial charge in [-0.3, -0.25) is 0 Å². The van der Waals surface area contributed by atoms with E-state index < -0.39 is 0 Å². The summed E-state index contributed by atoms with van der Waals surface area (Å²) in [4.78, 5) is 0. The van der Waals surface area contributed by atoms with Crippen molar-refractivity contribution in [3.8, 4) is 0 Å². The van der Waals surface area contributed by atoms with Gasteiger partial charge in [-0.1, -0.05) is 19.4 Å². The number of halogens is 1. The SMILES string of the molecule is CCCC(C)OCc1cc(CN)ccc1F. The van der Waals surface area contributed by atoms with Crippen LogP contribution in [0, 0.1) is 5.82 Å². The molecule has 1 atom stereocenters. The molecule has 1 rings (SSSR count). The first-order valence-electron chi connectivity index (χ1n) is 5.76. The second kappa shape index (κ2) is 6.61. The van der Waals surface area contributed by atoms with E-state index in [1.54, 1.807) is 12.1 Å². The fraction of sp³-hybridized carbons (Fsp3) is 0.538. The average molecular weight is 225 g/mol. The standard InChI is InChI=1S/C13H20FNO/c1-3-4-10(2)16-9-12-7-11(8-15)5-6-13(12)14/h5-7,10H,3-4,8-9,15H2,1-2H3. The van der Waals surface area contributed by atoms with E-state index in [4.69, 9.17) is 10.5 Å². The molecule has 0 aliphatic heterocycles. The summed E-state index contributed by atoms with van der Waals surface area (Å²) in [5.41, 5.74) is 7.03. The Kier molecular flexibility index (Phi) is 5.43. The van der Waals surface area contributed by atoms with Gasteiger partial charge in [-0.2, -0.15) is 0 Å². The van der Waals surface area contributed by atoms with Crippen molar-refractivity contribution in [1.29, 1.82) is 0 Å². The lowest BCUT2D eigenvalue weighted by Crippen LogP contribution is -2.09. The van der Waals surface area contributed by atoms with Crippen LogP contribution in [0.3, 0.4) is 0 Å². The predicted molar refractivity (Wildman–Crippen MR) is 63.5 cm³/mol. The van der Waals surface area contributed by atoms with Crippen LogP contribution in [0.25, 0.3) is 0 Å². The van der Waals surface area contributed by atoms with Crippen molar-refractivity contribution in [3.63, 3.8) is 0 Å². The highest BCUT2D eigenvalue weighted by molar-refractivity contribution is 5.24. The minimum absolute atomic E-state index is 0.172. The van der Waals surface area contributed by atoms with Crippen molar-refractivity contribution in [3.05, 3.63) is 35.1 Å². The molecule has 0 aliphatic rings. The Morgan fingerprint density at radius 3 is 2.81 bits per heavy atom. The highest BCUT2D eigenvalue weighted by atomic mass is 19.1. The Labute approximate surface area is 96.6 Å². The van der Waals surface area contributed by atoms with Crippen molar-refractivity contribution in [2.24, 2.45) is 5.73 Å². The van der Waals surface area contributed by atoms with Gasteiger partial charge in [0.05, 0.1) is 12.7 Å². The molecule has 0 radical (unpaired) electrons. The van der Waals surface area contributed by atoms with Crippen molar-refractivity contribution in [2.45, 2.75) is 45.9 Å². The molecule has 90 valence electrons. The van der Waals surface area contributed by atoms with Crippen molar-refractivity contribution >= 4 is 0 Å². The Hall–Kier alpha value is -0.930. The lowest BCUT2D eigenvalue weighted by Gasteiger charge is -2.12. The zero-order chi connectivity index (χ0) is 12.0. The van der Waals surface area contributed by atoms with Crippen LogP contribution in [-0.2, 0) is 17.9 Å². The molecule has 0 saturated carbocycles. The van der Waals surface area contributed by atoms with Gasteiger partial charge in [-0.25, -0.2) is 4.39 Å². The van der Waals surface area contributed by atoms with E-state index in [2.05, 4.69) is 6.92 Å². The summed E-state index contributed by atoms with van der Waals surface area (Å²) in [7, 11) is 0. The maximum absolute atomic E-state index is 13.4. The Morgan fingerprint density at radius 1 is 1.44 bits per heavy atom. The Balaban J connectivity index is 2.58. The molecule has 0 aromatic heterocycles. The summed E-state index contributed by atoms with van der Waals surface area (Å²) in [6, 6.07) is 4.92. The molecule has 0 saturated heterocycles. The zero-order valence-corrected chi connectivity index (χ0v) is 10.0. The lowest BCUT2D eigenvalue weighted by molar-refractivity contribution is 0.0455. The largest absolute Gasteiger partial charge is 0.374 e. The molecule has 2 nitrogen and oxygen atoms in total. The van der Waals surface area contributed by atoms with Gasteiger partial charge in [-0.05, 0) is 31.0 Å². The van der Waals surface area contributed by atoms with Crippen LogP contribution in [0.1, 0.15) is 37.8 Å². The van der Waals surface area contributed by atoms with Gasteiger partial charge in [0.25, 0.3) is 0 Å². The van der Waals surface area contributed by atoms with Gasteiger partial charge in [0.1, 0.15) is 5.82 Å². The summed E-state index contributed by atoms with van der Waals surface area (Å²) in [6.45, 7) is 4.86. The lowest BCUT2D eigenvalue weighted by atomic mass is 10.1. The summed E-state index contributed by atoms with van der Waals surface area (Å²) < 4.78 is 19.0. The number of ether oxygens (including phenoxy) is 1. The van der Waals surface area contributed by atoms with E-state index >= 15 is 0 Å². The summed E-state index contributed by atoms with van der Waals surface area (Å²) in [5.74, 6) is -0.221. The molecule has 1 aromatic carbocycles. The fourth-order valence-corrected chi connectivity index (χ4v) is 1.59. The van der Waals surface area contributed by atoms with Crippen LogP contribution in [0.4, 0.5) is 4.39 Å². The van der Waals surface area contributed by atoms with Crippen molar-refractivity contribution in [2.75, 3.05) is 0 Å². The highest BCUT2D eigenvalue weighted by Crippen LogP contribution is 2.13. The third-order valence-corrected chi connectivity index (χ3v) is 2.56. The Morgan fingerprint density at radius 2 is 2.19 bits per heavy atom. The second-order valence-corrected chi connectivity index (χ2v) is 4.04. The number of hydrogen-bond donors (Lipinski definition) is 1. The van der Waals surface area contributed by atoms with Gasteiger partial charge in [0.2, 0.25) is 0 Å². The molecule has 16 heavy (non-hydrogen) atoms. The van der Waals surface area contributed by atoms with Crippen LogP contribution in [-0.4, -0.2) is 6.10 Å². The van der Waals surface area contributed by atoms with E-state index in [1.165, 1.54) is 6.07 Å². The number of rotatable bonds is 6. The van der Waals surface area contributed by atoms with E-state index in [-0.39, 0.29) is 11.9 Å². The van der Waals surface area contributed by atoms with Crippen LogP contribution < -0.4 is 5.73 Å². The number of hydrogen-bond acceptors (Lipinski definition) is 2. The minimum atomic E-state index is -0.221. The van der Waals surface area contributed by atoms with E-state index in [9.17, 15) is 4.39 Å². The van der Waals surface area contributed by atoms with Crippen LogP contribution in [0.15, 0.2) is 18.2 Å². The molecule has 3 heteroatoms. The number of benzene rings is 1. The van der Waals surface area contributed by atoms with Crippen molar-refractivity contribution in [1.82, 2.24) is 0 Å². The molecule has 0 fully saturated rings. The first kappa shape index (κ1) is 13.1. The minimum Gasteiger partial charge on any atom is -0.374 e. The third kappa shape index (κ3) is 3.91. The van der Waals surface area contributed by atoms with Gasteiger partial charge >= 0.3 is 0 Å². The molecule has 2 N–H and O–H groups in total. The molecule has 0 aliphatic carbocycles. The Bertz CT molecular complexity index is 328. The predicted octanol–water partition coefficient (Wildman–Crippen LogP) is 2.99. The van der Waals surface area contributed by atoms with E-state index in [0.717, 1.165) is 18.4 Å². The molecule has 0 bridgehead atoms. The molecule has 0 amide bonds. The fourth-order valence-electron chi connectivity index (χ4n) is 1.59. The summed E-state index contributed by atoms with van der Waals surface area (Å²) in [6.07, 6.45) is 2.25. The molecule has 0 spiro atoms. The molecule has 0 heterocycles. The maximum atomic E-state index is 13.4. The monoisotopic (exact) mass is 225 g/mol. The first-order chi connectivity index (χ1) is 7.67. The van der Waals surface area contributed by atoms with Crippen molar-refractivity contribution < 1.29 is 9.13 Å². The van der Waals surface area contributed by atoms with Gasteiger partial charge in [0, 0.05) is 12.1 Å². The summed E-state index contributed by atoms with van der Waals surface area (Å²) in [5, 5.41) is 0. The van der Waals surface area contributed by atoms with Crippen LogP contribution in [0.2, 0.25) is 0 Å². The highest BCUT2D eigenvalue weighted by Gasteiger charge is 2.06. The average Bonchev–Trinajstić information content (AvgIpc) is 2.28. The van der Waals surface area contributed by atoms with Gasteiger partial charge < -0.3 is 10.5 Å². The first-order valence-corrected chi connectivity index (χ1v) is 5.76. The zero-order valence-electron chi connectivity index (χ0n) is 10.0. The van der Waals surface area contributed by atoms with Crippen LogP contribution >= 0.6 is 0 Å². The smallest absolute Gasteiger partial charge is 0.128 e. The number of nitrogens with two attached hydrogens (primary N) is 1. The maximum Gasteiger partial charge on any atom is 0.128 e. The topological polar surface area (TPSA) is 35.2 Å². The van der Waals surface area contributed by atoms with Gasteiger partial charge in [-0.15, -0.1) is 0 Å². The molecular formula is C13H20FNO. The molecule has 1 aromatic rings. The normalized spacial score (nSPS) is 12.8. The molecule has 1 unspecified atom stereocenters. The quantitative estimate of drug-likeness (QED) is 0.807. The van der Waals surface area contributed by atoms with E-state index in [1.807, 2.05) is 6.92 Å². The second-order valence-electron chi connectivity index (χ2n) is 4.04. The molecular weight excluding hydrogens is 205 g/mol.